The van der Waals surface area contributed by atoms with E-state index in [2.05, 4.69) is 0 Å². The first-order valence-electron chi connectivity index (χ1n) is 6.46. The van der Waals surface area contributed by atoms with E-state index in [0.717, 1.165) is 33.7 Å². The van der Waals surface area contributed by atoms with Crippen LogP contribution in [0.4, 0.5) is 0 Å². The van der Waals surface area contributed by atoms with Crippen molar-refractivity contribution in [3.63, 3.8) is 0 Å². The summed E-state index contributed by atoms with van der Waals surface area (Å²) in [5.41, 5.74) is 3.24. The van der Waals surface area contributed by atoms with Crippen molar-refractivity contribution < 1.29 is 9.90 Å². The Morgan fingerprint density at radius 3 is 2.48 bits per heavy atom. The molecule has 0 amide bonds. The van der Waals surface area contributed by atoms with Crippen molar-refractivity contribution in [3.05, 3.63) is 76.3 Å². The predicted octanol–water partition coefficient (Wildman–Crippen LogP) is 4.87. The first-order valence-corrected chi connectivity index (χ1v) is 7.99. The molecule has 4 heteroatoms. The zero-order chi connectivity index (χ0) is 15.1. The van der Waals surface area contributed by atoms with E-state index in [0.29, 0.717) is 0 Å². The van der Waals surface area contributed by atoms with Crippen LogP contribution in [0.15, 0.2) is 54.6 Å². The van der Waals surface area contributed by atoms with Crippen LogP contribution < -0.4 is 0 Å². The largest absolute Gasteiger partial charge is 0.478 e. The van der Waals surface area contributed by atoms with E-state index in [1.807, 2.05) is 48.5 Å². The summed E-state index contributed by atoms with van der Waals surface area (Å²) in [6, 6.07) is 15.7. The topological polar surface area (TPSA) is 37.3 Å². The molecule has 2 nitrogen and oxygen atoms in total. The van der Waals surface area contributed by atoms with Gasteiger partial charge in [0.1, 0.15) is 0 Å². The highest BCUT2D eigenvalue weighted by Crippen LogP contribution is 2.23. The maximum atomic E-state index is 10.4. The Balaban J connectivity index is 1.87. The summed E-state index contributed by atoms with van der Waals surface area (Å²) in [4.78, 5) is 10.4. The molecular weight excluding hydrogens is 304 g/mol. The lowest BCUT2D eigenvalue weighted by molar-refractivity contribution is -0.131. The quantitative estimate of drug-likeness (QED) is 0.772. The minimum Gasteiger partial charge on any atom is -0.478 e. The second kappa shape index (κ2) is 7.91. The van der Waals surface area contributed by atoms with Gasteiger partial charge in [-0.05, 0) is 28.8 Å². The normalized spacial score (nSPS) is 10.9. The average Bonchev–Trinajstić information content (AvgIpc) is 2.48. The zero-order valence-electron chi connectivity index (χ0n) is 11.3. The maximum absolute atomic E-state index is 10.4. The minimum atomic E-state index is -0.936. The third kappa shape index (κ3) is 5.29. The van der Waals surface area contributed by atoms with E-state index < -0.39 is 5.97 Å². The van der Waals surface area contributed by atoms with Gasteiger partial charge in [0.15, 0.2) is 0 Å². The van der Waals surface area contributed by atoms with Crippen LogP contribution in [0, 0.1) is 0 Å². The molecule has 0 aliphatic carbocycles. The first kappa shape index (κ1) is 15.7. The van der Waals surface area contributed by atoms with Crippen LogP contribution in [0.1, 0.15) is 16.7 Å². The van der Waals surface area contributed by atoms with Crippen molar-refractivity contribution in [2.45, 2.75) is 11.5 Å². The van der Waals surface area contributed by atoms with Gasteiger partial charge in [-0.3, -0.25) is 0 Å². The Morgan fingerprint density at radius 1 is 1.10 bits per heavy atom. The Labute approximate surface area is 133 Å². The van der Waals surface area contributed by atoms with E-state index in [1.54, 1.807) is 17.8 Å². The molecule has 2 aromatic carbocycles. The highest BCUT2D eigenvalue weighted by Gasteiger charge is 2.00. The fourth-order valence-electron chi connectivity index (χ4n) is 1.79. The Hall–Kier alpha value is -1.71. The van der Waals surface area contributed by atoms with Crippen molar-refractivity contribution in [3.8, 4) is 0 Å². The van der Waals surface area contributed by atoms with Gasteiger partial charge in [0, 0.05) is 22.6 Å². The van der Waals surface area contributed by atoms with Crippen LogP contribution in [-0.2, 0) is 16.3 Å². The number of carbonyl (C=O) groups is 1. The monoisotopic (exact) mass is 318 g/mol. The molecule has 0 saturated carbocycles. The lowest BCUT2D eigenvalue weighted by Gasteiger charge is -2.05. The molecule has 0 saturated heterocycles. The molecule has 0 bridgehead atoms. The number of aliphatic carboxylic acids is 1. The van der Waals surface area contributed by atoms with Crippen LogP contribution in [-0.4, -0.2) is 11.1 Å². The lowest BCUT2D eigenvalue weighted by Crippen LogP contribution is -1.87. The number of hydrogen-bond donors (Lipinski definition) is 1. The summed E-state index contributed by atoms with van der Waals surface area (Å²) in [5.74, 6) is 0.837. The number of carboxylic acids is 1. The summed E-state index contributed by atoms with van der Waals surface area (Å²) >= 11 is 7.92. The van der Waals surface area contributed by atoms with Gasteiger partial charge in [-0.1, -0.05) is 54.1 Å². The molecule has 0 atom stereocenters. The van der Waals surface area contributed by atoms with Gasteiger partial charge in [0.2, 0.25) is 0 Å². The standard InChI is InChI=1S/C17H15ClO2S/c18-16-4-2-1-3-15(16)12-21-11-14-7-5-13(6-8-14)9-10-17(19)20/h1-10H,11-12H2,(H,19,20)/b10-9+. The molecule has 1 N–H and O–H groups in total. The van der Waals surface area contributed by atoms with Crippen LogP contribution in [0.25, 0.3) is 6.08 Å². The fourth-order valence-corrected chi connectivity index (χ4v) is 3.07. The fraction of sp³-hybridized carbons (Fsp3) is 0.118. The third-order valence-electron chi connectivity index (χ3n) is 2.88. The number of halogens is 1. The maximum Gasteiger partial charge on any atom is 0.328 e. The highest BCUT2D eigenvalue weighted by molar-refractivity contribution is 7.97. The smallest absolute Gasteiger partial charge is 0.328 e. The van der Waals surface area contributed by atoms with Crippen LogP contribution in [0.2, 0.25) is 5.02 Å². The van der Waals surface area contributed by atoms with Gasteiger partial charge in [-0.25, -0.2) is 4.79 Å². The Kier molecular flexibility index (Phi) is 5.90. The molecular formula is C17H15ClO2S. The van der Waals surface area contributed by atoms with Gasteiger partial charge < -0.3 is 5.11 Å². The summed E-state index contributed by atoms with van der Waals surface area (Å²) in [5, 5.41) is 9.38. The Bertz CT molecular complexity index is 635. The van der Waals surface area contributed by atoms with Crippen LogP contribution >= 0.6 is 23.4 Å². The first-order chi connectivity index (χ1) is 10.1. The number of rotatable bonds is 6. The summed E-state index contributed by atoms with van der Waals surface area (Å²) in [6.45, 7) is 0. The van der Waals surface area contributed by atoms with E-state index in [1.165, 1.54) is 5.56 Å². The molecule has 0 heterocycles. The minimum absolute atomic E-state index is 0.805. The predicted molar refractivity (Wildman–Crippen MR) is 89.6 cm³/mol. The van der Waals surface area contributed by atoms with Crippen molar-refractivity contribution in [1.82, 2.24) is 0 Å². The zero-order valence-corrected chi connectivity index (χ0v) is 12.9. The van der Waals surface area contributed by atoms with Gasteiger partial charge in [-0.15, -0.1) is 0 Å². The molecule has 0 aliphatic rings. The van der Waals surface area contributed by atoms with Crippen LogP contribution in [0.3, 0.4) is 0 Å². The number of thioether (sulfide) groups is 1. The molecule has 2 aromatic rings. The molecule has 2 rings (SSSR count). The van der Waals surface area contributed by atoms with E-state index in [9.17, 15) is 4.79 Å². The van der Waals surface area contributed by atoms with Crippen LogP contribution in [0.5, 0.6) is 0 Å². The van der Waals surface area contributed by atoms with E-state index in [-0.39, 0.29) is 0 Å². The van der Waals surface area contributed by atoms with Gasteiger partial charge >= 0.3 is 5.97 Å². The Morgan fingerprint density at radius 2 is 1.81 bits per heavy atom. The number of hydrogen-bond acceptors (Lipinski definition) is 2. The molecule has 0 aliphatic heterocycles. The van der Waals surface area contributed by atoms with Crippen molar-refractivity contribution in [2.24, 2.45) is 0 Å². The molecule has 0 aromatic heterocycles. The van der Waals surface area contributed by atoms with Gasteiger partial charge in [0.25, 0.3) is 0 Å². The van der Waals surface area contributed by atoms with E-state index >= 15 is 0 Å². The van der Waals surface area contributed by atoms with Gasteiger partial charge in [0.05, 0.1) is 0 Å². The molecule has 0 radical (unpaired) electrons. The summed E-state index contributed by atoms with van der Waals surface area (Å²) in [7, 11) is 0. The van der Waals surface area contributed by atoms with Crippen molar-refractivity contribution >= 4 is 35.4 Å². The second-order valence-corrected chi connectivity index (χ2v) is 5.89. The van der Waals surface area contributed by atoms with E-state index in [4.69, 9.17) is 16.7 Å². The number of carboxylic acid groups (broad SMARTS) is 1. The molecule has 108 valence electrons. The molecule has 0 spiro atoms. The van der Waals surface area contributed by atoms with Crippen molar-refractivity contribution in [2.75, 3.05) is 0 Å². The average molecular weight is 319 g/mol. The summed E-state index contributed by atoms with van der Waals surface area (Å²) in [6.07, 6.45) is 2.73. The van der Waals surface area contributed by atoms with Crippen molar-refractivity contribution in [1.29, 1.82) is 0 Å². The van der Waals surface area contributed by atoms with Gasteiger partial charge in [-0.2, -0.15) is 11.8 Å². The number of benzene rings is 2. The summed E-state index contributed by atoms with van der Waals surface area (Å²) < 4.78 is 0. The molecule has 0 unspecified atom stereocenters. The molecule has 21 heavy (non-hydrogen) atoms. The SMILES string of the molecule is O=C(O)/C=C/c1ccc(CSCc2ccccc2Cl)cc1. The third-order valence-corrected chi connectivity index (χ3v) is 4.30. The molecule has 0 fully saturated rings. The highest BCUT2D eigenvalue weighted by atomic mass is 35.5. The second-order valence-electron chi connectivity index (χ2n) is 4.50. The lowest BCUT2D eigenvalue weighted by atomic mass is 10.1.